The summed E-state index contributed by atoms with van der Waals surface area (Å²) in [7, 11) is 0.617. The number of guanidine groups is 1. The van der Waals surface area contributed by atoms with Crippen LogP contribution in [0.1, 0.15) is 25.3 Å². The maximum absolute atomic E-state index is 11.6. The third kappa shape index (κ3) is 7.40. The second-order valence-corrected chi connectivity index (χ2v) is 8.95. The summed E-state index contributed by atoms with van der Waals surface area (Å²) in [5.74, 6) is 2.14. The first kappa shape index (κ1) is 25.0. The summed E-state index contributed by atoms with van der Waals surface area (Å²) in [5.41, 5.74) is 1.11. The highest BCUT2D eigenvalue weighted by Crippen LogP contribution is 2.20. The Hall–Kier alpha value is -1.07. The number of nitrogens with one attached hydrogen (secondary N) is 1. The molecule has 0 aliphatic carbocycles. The van der Waals surface area contributed by atoms with Crippen molar-refractivity contribution in [3.05, 3.63) is 29.8 Å². The van der Waals surface area contributed by atoms with E-state index >= 15 is 0 Å². The van der Waals surface area contributed by atoms with Gasteiger partial charge in [0.1, 0.15) is 5.75 Å². The highest BCUT2D eigenvalue weighted by atomic mass is 127. The lowest BCUT2D eigenvalue weighted by atomic mass is 9.98. The van der Waals surface area contributed by atoms with E-state index in [0.717, 1.165) is 36.7 Å². The maximum Gasteiger partial charge on any atom is 0.211 e. The summed E-state index contributed by atoms with van der Waals surface area (Å²) in [5, 5.41) is 3.34. The average molecular weight is 524 g/mol. The van der Waals surface area contributed by atoms with Crippen molar-refractivity contribution in [2.75, 3.05) is 46.6 Å². The first-order valence-corrected chi connectivity index (χ1v) is 11.3. The molecule has 1 N–H and O–H groups in total. The van der Waals surface area contributed by atoms with Crippen LogP contribution in [0, 0.1) is 5.92 Å². The topological polar surface area (TPSA) is 74.2 Å². The lowest BCUT2D eigenvalue weighted by Gasteiger charge is -2.30. The molecule has 1 heterocycles. The van der Waals surface area contributed by atoms with Gasteiger partial charge < -0.3 is 15.0 Å². The number of rotatable bonds is 7. The molecule has 1 fully saturated rings. The van der Waals surface area contributed by atoms with E-state index in [1.165, 1.54) is 6.26 Å². The van der Waals surface area contributed by atoms with Gasteiger partial charge in [-0.05, 0) is 31.7 Å². The Balaban J connectivity index is 0.00000392. The molecule has 0 unspecified atom stereocenters. The van der Waals surface area contributed by atoms with Crippen LogP contribution < -0.4 is 10.1 Å². The maximum atomic E-state index is 11.6. The van der Waals surface area contributed by atoms with E-state index < -0.39 is 10.0 Å². The number of para-hydroxylation sites is 1. The van der Waals surface area contributed by atoms with Crippen molar-refractivity contribution < 1.29 is 13.2 Å². The van der Waals surface area contributed by atoms with Crippen LogP contribution in [-0.4, -0.2) is 70.2 Å². The predicted molar refractivity (Wildman–Crippen MR) is 125 cm³/mol. The van der Waals surface area contributed by atoms with E-state index in [-0.39, 0.29) is 24.0 Å². The molecule has 28 heavy (non-hydrogen) atoms. The lowest BCUT2D eigenvalue weighted by molar-refractivity contribution is 0.279. The Kier molecular flexibility index (Phi) is 10.5. The molecular formula is C19H33IN4O3S. The van der Waals surface area contributed by atoms with Crippen LogP contribution in [0.3, 0.4) is 0 Å². The number of sulfonamides is 1. The number of aliphatic imine (C=N–C) groups is 1. The van der Waals surface area contributed by atoms with Crippen molar-refractivity contribution in [2.45, 2.75) is 26.3 Å². The van der Waals surface area contributed by atoms with Gasteiger partial charge in [0.2, 0.25) is 10.0 Å². The molecule has 0 aromatic heterocycles. The standard InChI is InChI=1S/C19H32N4O3S.HI/c1-5-20-19(22(2)15-17-8-6-7-9-18(17)26-3)21-14-16-10-12-23(13-11-16)27(4,24)25;/h6-9,16H,5,10-15H2,1-4H3,(H,20,21);1H. The SMILES string of the molecule is CCNC(=NCC1CCN(S(C)(=O)=O)CC1)N(C)Cc1ccccc1OC.I. The fraction of sp³-hybridized carbons (Fsp3) is 0.632. The average Bonchev–Trinajstić information content (AvgIpc) is 2.65. The summed E-state index contributed by atoms with van der Waals surface area (Å²) in [6.45, 7) is 5.43. The molecular weight excluding hydrogens is 491 g/mol. The van der Waals surface area contributed by atoms with Crippen LogP contribution in [0.5, 0.6) is 5.75 Å². The van der Waals surface area contributed by atoms with Crippen molar-refractivity contribution in [3.8, 4) is 5.75 Å². The number of nitrogens with zero attached hydrogens (tertiary/aromatic N) is 3. The third-order valence-corrected chi connectivity index (χ3v) is 6.14. The fourth-order valence-corrected chi connectivity index (χ4v) is 4.15. The number of methoxy groups -OCH3 is 1. The summed E-state index contributed by atoms with van der Waals surface area (Å²) < 4.78 is 30.3. The molecule has 0 radical (unpaired) electrons. The first-order valence-electron chi connectivity index (χ1n) is 9.41. The Bertz CT molecular complexity index is 734. The molecule has 0 spiro atoms. The van der Waals surface area contributed by atoms with Gasteiger partial charge in [-0.25, -0.2) is 12.7 Å². The summed E-state index contributed by atoms with van der Waals surface area (Å²) in [6.07, 6.45) is 2.99. The summed E-state index contributed by atoms with van der Waals surface area (Å²) in [6, 6.07) is 7.98. The molecule has 1 aromatic rings. The molecule has 2 rings (SSSR count). The molecule has 0 bridgehead atoms. The van der Waals surface area contributed by atoms with E-state index in [1.54, 1.807) is 11.4 Å². The number of ether oxygens (including phenoxy) is 1. The lowest BCUT2D eigenvalue weighted by Crippen LogP contribution is -2.40. The molecule has 1 aliphatic rings. The normalized spacial score (nSPS) is 16.4. The Morgan fingerprint density at radius 1 is 1.32 bits per heavy atom. The second-order valence-electron chi connectivity index (χ2n) is 6.97. The molecule has 1 aromatic carbocycles. The van der Waals surface area contributed by atoms with Gasteiger partial charge in [-0.2, -0.15) is 0 Å². The van der Waals surface area contributed by atoms with Gasteiger partial charge in [-0.15, -0.1) is 24.0 Å². The second kappa shape index (κ2) is 11.8. The monoisotopic (exact) mass is 524 g/mol. The Morgan fingerprint density at radius 2 is 1.96 bits per heavy atom. The molecule has 0 saturated carbocycles. The Labute approximate surface area is 186 Å². The fourth-order valence-electron chi connectivity index (χ4n) is 3.27. The van der Waals surface area contributed by atoms with Gasteiger partial charge in [0, 0.05) is 45.3 Å². The predicted octanol–water partition coefficient (Wildman–Crippen LogP) is 2.38. The molecule has 9 heteroatoms. The summed E-state index contributed by atoms with van der Waals surface area (Å²) >= 11 is 0. The molecule has 1 aliphatic heterocycles. The highest BCUT2D eigenvalue weighted by Gasteiger charge is 2.24. The van der Waals surface area contributed by atoms with Crippen LogP contribution in [-0.2, 0) is 16.6 Å². The third-order valence-electron chi connectivity index (χ3n) is 4.84. The zero-order valence-electron chi connectivity index (χ0n) is 17.2. The van der Waals surface area contributed by atoms with Crippen LogP contribution >= 0.6 is 24.0 Å². The van der Waals surface area contributed by atoms with E-state index in [2.05, 4.69) is 23.2 Å². The van der Waals surface area contributed by atoms with Gasteiger partial charge in [-0.3, -0.25) is 4.99 Å². The van der Waals surface area contributed by atoms with Crippen molar-refractivity contribution in [1.29, 1.82) is 0 Å². The van der Waals surface area contributed by atoms with Gasteiger partial charge in [0.25, 0.3) is 0 Å². The minimum atomic E-state index is -3.08. The smallest absolute Gasteiger partial charge is 0.211 e. The van der Waals surface area contributed by atoms with E-state index in [0.29, 0.717) is 32.1 Å². The number of hydrogen-bond acceptors (Lipinski definition) is 4. The van der Waals surface area contributed by atoms with Gasteiger partial charge >= 0.3 is 0 Å². The first-order chi connectivity index (χ1) is 12.8. The highest BCUT2D eigenvalue weighted by molar-refractivity contribution is 14.0. The Morgan fingerprint density at radius 3 is 2.54 bits per heavy atom. The van der Waals surface area contributed by atoms with Gasteiger partial charge in [-0.1, -0.05) is 18.2 Å². The molecule has 7 nitrogen and oxygen atoms in total. The zero-order valence-corrected chi connectivity index (χ0v) is 20.4. The molecule has 1 saturated heterocycles. The minimum Gasteiger partial charge on any atom is -0.496 e. The van der Waals surface area contributed by atoms with Crippen LogP contribution in [0.15, 0.2) is 29.3 Å². The number of hydrogen-bond donors (Lipinski definition) is 1. The van der Waals surface area contributed by atoms with Gasteiger partial charge in [0.15, 0.2) is 5.96 Å². The van der Waals surface area contributed by atoms with Crippen LogP contribution in [0.2, 0.25) is 0 Å². The van der Waals surface area contributed by atoms with E-state index in [4.69, 9.17) is 9.73 Å². The van der Waals surface area contributed by atoms with Crippen LogP contribution in [0.25, 0.3) is 0 Å². The molecule has 0 atom stereocenters. The van der Waals surface area contributed by atoms with E-state index in [1.807, 2.05) is 25.2 Å². The van der Waals surface area contributed by atoms with Crippen molar-refractivity contribution in [2.24, 2.45) is 10.9 Å². The van der Waals surface area contributed by atoms with Gasteiger partial charge in [0.05, 0.1) is 13.4 Å². The number of benzene rings is 1. The largest absolute Gasteiger partial charge is 0.496 e. The van der Waals surface area contributed by atoms with Crippen LogP contribution in [0.4, 0.5) is 0 Å². The number of piperidine rings is 1. The van der Waals surface area contributed by atoms with Crippen molar-refractivity contribution in [1.82, 2.24) is 14.5 Å². The summed E-state index contributed by atoms with van der Waals surface area (Å²) in [4.78, 5) is 6.89. The van der Waals surface area contributed by atoms with E-state index in [9.17, 15) is 8.42 Å². The quantitative estimate of drug-likeness (QED) is 0.337. The number of halogens is 1. The van der Waals surface area contributed by atoms with Crippen molar-refractivity contribution >= 4 is 40.0 Å². The minimum absolute atomic E-state index is 0. The zero-order chi connectivity index (χ0) is 19.9. The van der Waals surface area contributed by atoms with Crippen molar-refractivity contribution in [3.63, 3.8) is 0 Å². The molecule has 0 amide bonds. The molecule has 160 valence electrons.